The molecule has 4 nitrogen and oxygen atoms in total. The molecule has 0 aliphatic heterocycles. The average molecular weight is 229 g/mol. The van der Waals surface area contributed by atoms with E-state index in [0.29, 0.717) is 31.9 Å². The lowest BCUT2D eigenvalue weighted by atomic mass is 10.5. The van der Waals surface area contributed by atoms with Crippen LogP contribution in [-0.2, 0) is 10.2 Å². The number of halogens is 1. The Morgan fingerprint density at radius 3 is 2.23 bits per heavy atom. The molecule has 0 rings (SSSR count). The number of nitrogens with one attached hydrogen (secondary N) is 1. The van der Waals surface area contributed by atoms with Crippen molar-refractivity contribution in [2.75, 3.05) is 25.5 Å². The normalized spacial score (nSPS) is 12.3. The van der Waals surface area contributed by atoms with Crippen molar-refractivity contribution in [1.29, 1.82) is 0 Å². The summed E-state index contributed by atoms with van der Waals surface area (Å²) in [4.78, 5) is 0. The van der Waals surface area contributed by atoms with Gasteiger partial charge in [-0.15, -0.1) is 11.6 Å². The maximum atomic E-state index is 11.4. The van der Waals surface area contributed by atoms with Gasteiger partial charge in [-0.05, 0) is 6.42 Å². The van der Waals surface area contributed by atoms with Gasteiger partial charge in [0.05, 0.1) is 0 Å². The number of hydrogen-bond acceptors (Lipinski definition) is 2. The highest BCUT2D eigenvalue weighted by atomic mass is 35.5. The van der Waals surface area contributed by atoms with E-state index in [1.54, 1.807) is 0 Å². The molecule has 80 valence electrons. The van der Waals surface area contributed by atoms with Crippen LogP contribution in [0.25, 0.3) is 0 Å². The van der Waals surface area contributed by atoms with Crippen molar-refractivity contribution in [3.05, 3.63) is 0 Å². The van der Waals surface area contributed by atoms with Crippen LogP contribution >= 0.6 is 11.6 Å². The molecule has 0 atom stereocenters. The molecule has 0 aliphatic rings. The maximum absolute atomic E-state index is 11.4. The van der Waals surface area contributed by atoms with Gasteiger partial charge in [0.2, 0.25) is 0 Å². The Labute approximate surface area is 85.4 Å². The summed E-state index contributed by atoms with van der Waals surface area (Å²) in [6, 6.07) is 0. The second-order valence-electron chi connectivity index (χ2n) is 2.53. The molecule has 1 N–H and O–H groups in total. The molecule has 0 amide bonds. The summed E-state index contributed by atoms with van der Waals surface area (Å²) in [5.74, 6) is 0.473. The molecular formula is C7H17ClN2O2S. The predicted octanol–water partition coefficient (Wildman–Crippen LogP) is 0.791. The number of hydrogen-bond donors (Lipinski definition) is 1. The first-order valence-electron chi connectivity index (χ1n) is 4.39. The van der Waals surface area contributed by atoms with Gasteiger partial charge in [-0.25, -0.2) is 4.72 Å². The Kier molecular flexibility index (Phi) is 6.67. The van der Waals surface area contributed by atoms with Gasteiger partial charge in [-0.3, -0.25) is 0 Å². The van der Waals surface area contributed by atoms with Gasteiger partial charge in [0, 0.05) is 25.5 Å². The largest absolute Gasteiger partial charge is 0.279 e. The van der Waals surface area contributed by atoms with E-state index < -0.39 is 10.2 Å². The van der Waals surface area contributed by atoms with Crippen molar-refractivity contribution >= 4 is 21.8 Å². The van der Waals surface area contributed by atoms with Gasteiger partial charge in [-0.1, -0.05) is 13.8 Å². The molecular weight excluding hydrogens is 212 g/mol. The standard InChI is InChI=1S/C7H17ClN2O2S/c1-3-10(4-2)13(11,12)9-7-5-6-8/h9H,3-7H2,1-2H3. The van der Waals surface area contributed by atoms with E-state index in [9.17, 15) is 8.42 Å². The highest BCUT2D eigenvalue weighted by molar-refractivity contribution is 7.87. The Balaban J connectivity index is 4.05. The summed E-state index contributed by atoms with van der Waals surface area (Å²) in [7, 11) is -3.27. The smallest absolute Gasteiger partial charge is 0.202 e. The minimum Gasteiger partial charge on any atom is -0.202 e. The molecule has 0 aromatic rings. The van der Waals surface area contributed by atoms with Gasteiger partial charge in [0.1, 0.15) is 0 Å². The molecule has 0 aliphatic carbocycles. The molecule has 0 fully saturated rings. The Bertz CT molecular complexity index is 215. The quantitative estimate of drug-likeness (QED) is 0.518. The zero-order valence-corrected chi connectivity index (χ0v) is 9.66. The fourth-order valence-corrected chi connectivity index (χ4v) is 2.32. The summed E-state index contributed by atoms with van der Waals surface area (Å²) in [5.41, 5.74) is 0. The summed E-state index contributed by atoms with van der Waals surface area (Å²) in [6.45, 7) is 5.01. The van der Waals surface area contributed by atoms with Crippen LogP contribution in [0.3, 0.4) is 0 Å². The van der Waals surface area contributed by atoms with Crippen LogP contribution in [0.4, 0.5) is 0 Å². The SMILES string of the molecule is CCN(CC)S(=O)(=O)NCCCCl. The molecule has 6 heteroatoms. The van der Waals surface area contributed by atoms with E-state index in [1.807, 2.05) is 13.8 Å². The summed E-state index contributed by atoms with van der Waals surface area (Å²) in [5, 5.41) is 0. The topological polar surface area (TPSA) is 49.4 Å². The monoisotopic (exact) mass is 228 g/mol. The Hall–Kier alpha value is 0.160. The summed E-state index contributed by atoms with van der Waals surface area (Å²) < 4.78 is 26.7. The zero-order chi connectivity index (χ0) is 10.3. The lowest BCUT2D eigenvalue weighted by molar-refractivity contribution is 0.435. The number of rotatable bonds is 7. The van der Waals surface area contributed by atoms with Gasteiger partial charge in [0.25, 0.3) is 10.2 Å². The Morgan fingerprint density at radius 2 is 1.85 bits per heavy atom. The average Bonchev–Trinajstić information content (AvgIpc) is 2.06. The van der Waals surface area contributed by atoms with Crippen molar-refractivity contribution < 1.29 is 8.42 Å². The molecule has 0 saturated heterocycles. The van der Waals surface area contributed by atoms with Crippen molar-refractivity contribution in [1.82, 2.24) is 9.03 Å². The van der Waals surface area contributed by atoms with Crippen LogP contribution in [0.5, 0.6) is 0 Å². The first-order valence-corrected chi connectivity index (χ1v) is 6.36. The lowest BCUT2D eigenvalue weighted by Gasteiger charge is -2.18. The minimum atomic E-state index is -3.27. The number of alkyl halides is 1. The first kappa shape index (κ1) is 13.2. The third-order valence-electron chi connectivity index (χ3n) is 1.64. The summed E-state index contributed by atoms with van der Waals surface area (Å²) >= 11 is 5.43. The molecule has 0 spiro atoms. The third-order valence-corrected chi connectivity index (χ3v) is 3.67. The number of nitrogens with zero attached hydrogens (tertiary/aromatic N) is 1. The molecule has 0 heterocycles. The van der Waals surface area contributed by atoms with Gasteiger partial charge in [-0.2, -0.15) is 12.7 Å². The van der Waals surface area contributed by atoms with Gasteiger partial charge < -0.3 is 0 Å². The molecule has 0 unspecified atom stereocenters. The second kappa shape index (κ2) is 6.59. The van der Waals surface area contributed by atoms with Crippen molar-refractivity contribution in [2.24, 2.45) is 0 Å². The van der Waals surface area contributed by atoms with E-state index in [0.717, 1.165) is 0 Å². The first-order chi connectivity index (χ1) is 6.08. The van der Waals surface area contributed by atoms with E-state index in [2.05, 4.69) is 4.72 Å². The highest BCUT2D eigenvalue weighted by Crippen LogP contribution is 1.96. The minimum absolute atomic E-state index is 0.405. The predicted molar refractivity (Wildman–Crippen MR) is 55.2 cm³/mol. The van der Waals surface area contributed by atoms with Crippen molar-refractivity contribution in [2.45, 2.75) is 20.3 Å². The summed E-state index contributed by atoms with van der Waals surface area (Å²) in [6.07, 6.45) is 0.655. The van der Waals surface area contributed by atoms with Crippen LogP contribution < -0.4 is 4.72 Å². The van der Waals surface area contributed by atoms with E-state index >= 15 is 0 Å². The van der Waals surface area contributed by atoms with E-state index in [4.69, 9.17) is 11.6 Å². The molecule has 0 bridgehead atoms. The highest BCUT2D eigenvalue weighted by Gasteiger charge is 2.16. The molecule has 0 aromatic heterocycles. The van der Waals surface area contributed by atoms with E-state index in [-0.39, 0.29) is 0 Å². The second-order valence-corrected chi connectivity index (χ2v) is 4.66. The van der Waals surface area contributed by atoms with Crippen LogP contribution in [-0.4, -0.2) is 38.2 Å². The maximum Gasteiger partial charge on any atom is 0.279 e. The molecule has 0 aromatic carbocycles. The van der Waals surface area contributed by atoms with Gasteiger partial charge >= 0.3 is 0 Å². The van der Waals surface area contributed by atoms with Crippen molar-refractivity contribution in [3.63, 3.8) is 0 Å². The zero-order valence-electron chi connectivity index (χ0n) is 8.09. The van der Waals surface area contributed by atoms with Crippen LogP contribution in [0, 0.1) is 0 Å². The van der Waals surface area contributed by atoms with E-state index in [1.165, 1.54) is 4.31 Å². The van der Waals surface area contributed by atoms with Crippen LogP contribution in [0.2, 0.25) is 0 Å². The third kappa shape index (κ3) is 4.81. The molecule has 13 heavy (non-hydrogen) atoms. The van der Waals surface area contributed by atoms with Gasteiger partial charge in [0.15, 0.2) is 0 Å². The van der Waals surface area contributed by atoms with Crippen molar-refractivity contribution in [3.8, 4) is 0 Å². The van der Waals surface area contributed by atoms with Crippen LogP contribution in [0.15, 0.2) is 0 Å². The molecule has 0 radical (unpaired) electrons. The Morgan fingerprint density at radius 1 is 1.31 bits per heavy atom. The van der Waals surface area contributed by atoms with Crippen LogP contribution in [0.1, 0.15) is 20.3 Å². The fourth-order valence-electron chi connectivity index (χ4n) is 0.923. The molecule has 0 saturated carbocycles. The lowest BCUT2D eigenvalue weighted by Crippen LogP contribution is -2.40. The fraction of sp³-hybridized carbons (Fsp3) is 1.00.